The first-order chi connectivity index (χ1) is 12.1. The van der Waals surface area contributed by atoms with E-state index in [4.69, 9.17) is 14.6 Å². The third-order valence-electron chi connectivity index (χ3n) is 3.93. The molecule has 0 radical (unpaired) electrons. The molecule has 0 fully saturated rings. The minimum atomic E-state index is -1.03. The largest absolute Gasteiger partial charge is 0.477 e. The Kier molecular flexibility index (Phi) is 4.81. The molecule has 1 aliphatic heterocycles. The highest BCUT2D eigenvalue weighted by atomic mass is 16.5. The van der Waals surface area contributed by atoms with Gasteiger partial charge in [0.05, 0.1) is 51.5 Å². The summed E-state index contributed by atoms with van der Waals surface area (Å²) in [5.74, 6) is 0.0623. The quantitative estimate of drug-likeness (QED) is 0.732. The number of carbonyl (C=O) groups is 1. The summed E-state index contributed by atoms with van der Waals surface area (Å²) >= 11 is 0. The summed E-state index contributed by atoms with van der Waals surface area (Å²) in [6, 6.07) is 1.68. The molecule has 2 aromatic rings. The third-order valence-corrected chi connectivity index (χ3v) is 3.93. The molecule has 1 amide bonds. The topological polar surface area (TPSA) is 123 Å². The Hall–Kier alpha value is -2.72. The second-order valence-electron chi connectivity index (χ2n) is 5.48. The van der Waals surface area contributed by atoms with E-state index in [1.54, 1.807) is 15.6 Å². The number of hydrogen-bond acceptors (Lipinski definition) is 8. The highest BCUT2D eigenvalue weighted by Gasteiger charge is 2.26. The van der Waals surface area contributed by atoms with Crippen molar-refractivity contribution in [1.82, 2.24) is 24.6 Å². The zero-order chi connectivity index (χ0) is 18.0. The van der Waals surface area contributed by atoms with E-state index < -0.39 is 12.7 Å². The summed E-state index contributed by atoms with van der Waals surface area (Å²) in [7, 11) is 2.87. The van der Waals surface area contributed by atoms with Gasteiger partial charge < -0.3 is 24.6 Å². The molecule has 3 rings (SSSR count). The van der Waals surface area contributed by atoms with Crippen molar-refractivity contribution >= 4 is 5.91 Å². The van der Waals surface area contributed by atoms with E-state index in [1.165, 1.54) is 20.4 Å². The lowest BCUT2D eigenvalue weighted by Gasteiger charge is -2.27. The Morgan fingerprint density at radius 3 is 2.76 bits per heavy atom. The SMILES string of the molecule is COc1ncc(C(=O)N2CCn3nc(C(O)CO)cc3C2)nc1OC. The van der Waals surface area contributed by atoms with Gasteiger partial charge in [-0.2, -0.15) is 5.10 Å². The number of aliphatic hydroxyl groups is 2. The second-order valence-corrected chi connectivity index (χ2v) is 5.48. The Morgan fingerprint density at radius 1 is 1.32 bits per heavy atom. The standard InChI is InChI=1S/C15H19N5O5/c1-24-13-14(25-2)17-11(6-16-13)15(23)19-3-4-20-9(7-19)5-10(18-20)12(22)8-21/h5-6,12,21-22H,3-4,7-8H2,1-2H3. The van der Waals surface area contributed by atoms with Gasteiger partial charge in [0.1, 0.15) is 6.10 Å². The van der Waals surface area contributed by atoms with Crippen molar-refractivity contribution < 1.29 is 24.5 Å². The molecule has 3 heterocycles. The van der Waals surface area contributed by atoms with Crippen LogP contribution in [0.5, 0.6) is 11.8 Å². The molecule has 0 aliphatic carbocycles. The number of nitrogens with zero attached hydrogens (tertiary/aromatic N) is 5. The van der Waals surface area contributed by atoms with Crippen LogP contribution < -0.4 is 9.47 Å². The fraction of sp³-hybridized carbons (Fsp3) is 0.467. The molecule has 2 aromatic heterocycles. The average Bonchev–Trinajstić information content (AvgIpc) is 3.09. The molecule has 0 spiro atoms. The van der Waals surface area contributed by atoms with E-state index in [0.29, 0.717) is 25.3 Å². The Bertz CT molecular complexity index is 778. The maximum Gasteiger partial charge on any atom is 0.278 e. The molecule has 1 atom stereocenters. The maximum absolute atomic E-state index is 12.7. The first-order valence-corrected chi connectivity index (χ1v) is 7.67. The monoisotopic (exact) mass is 349 g/mol. The molecule has 0 aromatic carbocycles. The molecule has 0 bridgehead atoms. The number of carbonyl (C=O) groups excluding carboxylic acids is 1. The summed E-state index contributed by atoms with van der Waals surface area (Å²) in [5.41, 5.74) is 1.31. The number of aromatic nitrogens is 4. The number of hydrogen-bond donors (Lipinski definition) is 2. The van der Waals surface area contributed by atoms with Crippen molar-refractivity contribution in [3.05, 3.63) is 29.3 Å². The van der Waals surface area contributed by atoms with Crippen LogP contribution in [0.25, 0.3) is 0 Å². The second kappa shape index (κ2) is 7.03. The van der Waals surface area contributed by atoms with Crippen molar-refractivity contribution in [3.8, 4) is 11.8 Å². The molecule has 10 heteroatoms. The van der Waals surface area contributed by atoms with Crippen molar-refractivity contribution in [2.24, 2.45) is 0 Å². The fourth-order valence-corrected chi connectivity index (χ4v) is 2.62. The summed E-state index contributed by atoms with van der Waals surface area (Å²) in [4.78, 5) is 22.5. The van der Waals surface area contributed by atoms with Crippen LogP contribution in [0.4, 0.5) is 0 Å². The smallest absolute Gasteiger partial charge is 0.278 e. The van der Waals surface area contributed by atoms with Gasteiger partial charge in [0.25, 0.3) is 17.7 Å². The third kappa shape index (κ3) is 3.26. The van der Waals surface area contributed by atoms with Crippen molar-refractivity contribution in [2.45, 2.75) is 19.2 Å². The molecular weight excluding hydrogens is 330 g/mol. The number of rotatable bonds is 5. The summed E-state index contributed by atoms with van der Waals surface area (Å²) < 4.78 is 11.8. The number of ether oxygens (including phenoxy) is 2. The lowest BCUT2D eigenvalue weighted by molar-refractivity contribution is 0.0697. The predicted molar refractivity (Wildman–Crippen MR) is 84.1 cm³/mol. The first-order valence-electron chi connectivity index (χ1n) is 7.67. The summed E-state index contributed by atoms with van der Waals surface area (Å²) in [6.45, 7) is 0.846. The van der Waals surface area contributed by atoms with Gasteiger partial charge in [0.15, 0.2) is 5.69 Å². The van der Waals surface area contributed by atoms with Gasteiger partial charge in [-0.3, -0.25) is 9.48 Å². The highest BCUT2D eigenvalue weighted by Crippen LogP contribution is 2.23. The Morgan fingerprint density at radius 2 is 2.08 bits per heavy atom. The van der Waals surface area contributed by atoms with Gasteiger partial charge in [-0.25, -0.2) is 9.97 Å². The number of amides is 1. The van der Waals surface area contributed by atoms with Crippen molar-refractivity contribution in [3.63, 3.8) is 0 Å². The van der Waals surface area contributed by atoms with E-state index >= 15 is 0 Å². The molecule has 0 saturated heterocycles. The zero-order valence-electron chi connectivity index (χ0n) is 13.9. The van der Waals surface area contributed by atoms with Gasteiger partial charge in [0, 0.05) is 6.54 Å². The van der Waals surface area contributed by atoms with Gasteiger partial charge in [-0.1, -0.05) is 0 Å². The molecular formula is C15H19N5O5. The molecule has 1 unspecified atom stereocenters. The summed E-state index contributed by atoms with van der Waals surface area (Å²) in [5, 5.41) is 23.0. The van der Waals surface area contributed by atoms with Crippen LogP contribution >= 0.6 is 0 Å². The molecule has 0 saturated carbocycles. The van der Waals surface area contributed by atoms with Gasteiger partial charge in [0.2, 0.25) is 0 Å². The first kappa shape index (κ1) is 17.1. The van der Waals surface area contributed by atoms with Crippen molar-refractivity contribution in [1.29, 1.82) is 0 Å². The van der Waals surface area contributed by atoms with Gasteiger partial charge in [-0.05, 0) is 6.07 Å². The van der Waals surface area contributed by atoms with Gasteiger partial charge in [-0.15, -0.1) is 0 Å². The lowest BCUT2D eigenvalue weighted by Crippen LogP contribution is -2.38. The molecule has 1 aliphatic rings. The van der Waals surface area contributed by atoms with Crippen LogP contribution in [0.3, 0.4) is 0 Å². The predicted octanol–water partition coefficient (Wildman–Crippen LogP) is -0.628. The lowest BCUT2D eigenvalue weighted by atomic mass is 10.2. The Balaban J connectivity index is 1.79. The minimum absolute atomic E-state index is 0.142. The van der Waals surface area contributed by atoms with Crippen LogP contribution in [-0.4, -0.2) is 68.1 Å². The summed E-state index contributed by atoms with van der Waals surface area (Å²) in [6.07, 6.45) is 0.315. The van der Waals surface area contributed by atoms with Gasteiger partial charge >= 0.3 is 0 Å². The van der Waals surface area contributed by atoms with E-state index in [0.717, 1.165) is 5.69 Å². The van der Waals surface area contributed by atoms with Crippen LogP contribution in [0.1, 0.15) is 28.0 Å². The zero-order valence-corrected chi connectivity index (χ0v) is 13.9. The minimum Gasteiger partial charge on any atom is -0.477 e. The molecule has 134 valence electrons. The fourth-order valence-electron chi connectivity index (χ4n) is 2.62. The van der Waals surface area contributed by atoms with E-state index in [2.05, 4.69) is 15.1 Å². The van der Waals surface area contributed by atoms with Crippen LogP contribution in [0.2, 0.25) is 0 Å². The number of methoxy groups -OCH3 is 2. The maximum atomic E-state index is 12.7. The normalized spacial score (nSPS) is 14.8. The molecule has 10 nitrogen and oxygen atoms in total. The Labute approximate surface area is 143 Å². The highest BCUT2D eigenvalue weighted by molar-refractivity contribution is 5.92. The molecule has 25 heavy (non-hydrogen) atoms. The van der Waals surface area contributed by atoms with Crippen molar-refractivity contribution in [2.75, 3.05) is 27.4 Å². The van der Waals surface area contributed by atoms with E-state index in [1.807, 2.05) is 0 Å². The van der Waals surface area contributed by atoms with Crippen LogP contribution in [-0.2, 0) is 13.1 Å². The van der Waals surface area contributed by atoms with Crippen LogP contribution in [0, 0.1) is 0 Å². The van der Waals surface area contributed by atoms with Crippen LogP contribution in [0.15, 0.2) is 12.3 Å². The molecule has 2 N–H and O–H groups in total. The number of aliphatic hydroxyl groups excluding tert-OH is 2. The van der Waals surface area contributed by atoms with E-state index in [9.17, 15) is 9.90 Å². The van der Waals surface area contributed by atoms with E-state index in [-0.39, 0.29) is 23.4 Å². The number of fused-ring (bicyclic) bond motifs is 1. The average molecular weight is 349 g/mol.